The van der Waals surface area contributed by atoms with Crippen LogP contribution in [0.3, 0.4) is 0 Å². The first-order valence-electron chi connectivity index (χ1n) is 5.71. The fourth-order valence-corrected chi connectivity index (χ4v) is 2.05. The Labute approximate surface area is 112 Å². The Kier molecular flexibility index (Phi) is 6.98. The van der Waals surface area contributed by atoms with Gasteiger partial charge in [-0.2, -0.15) is 0 Å². The van der Waals surface area contributed by atoms with E-state index in [1.165, 1.54) is 16.7 Å². The Morgan fingerprint density at radius 1 is 1.17 bits per heavy atom. The number of ketones is 1. The molecule has 0 spiro atoms. The van der Waals surface area contributed by atoms with Gasteiger partial charge in [0.25, 0.3) is 0 Å². The second-order valence-electron chi connectivity index (χ2n) is 4.55. The molecule has 0 saturated carbocycles. The minimum atomic E-state index is -1.15. The molecule has 0 bridgehead atoms. The first kappa shape index (κ1) is 17.0. The largest absolute Gasteiger partial charge is 0.465 e. The van der Waals surface area contributed by atoms with Crippen molar-refractivity contribution in [1.82, 2.24) is 4.90 Å². The van der Waals surface area contributed by atoms with Crippen LogP contribution in [0.2, 0.25) is 0 Å². The maximum absolute atomic E-state index is 11.9. The zero-order valence-corrected chi connectivity index (χ0v) is 12.4. The highest BCUT2D eigenvalue weighted by atomic mass is 32.2. The number of hydrogen-bond acceptors (Lipinski definition) is 5. The van der Waals surface area contributed by atoms with Gasteiger partial charge in [0.1, 0.15) is 5.41 Å². The average Bonchev–Trinajstić information content (AvgIpc) is 2.28. The van der Waals surface area contributed by atoms with Gasteiger partial charge in [0, 0.05) is 14.1 Å². The Bertz CT molecular complexity index is 326. The zero-order chi connectivity index (χ0) is 14.3. The van der Waals surface area contributed by atoms with E-state index >= 15 is 0 Å². The molecule has 0 aromatic heterocycles. The molecular formula is C12H21NO4S. The van der Waals surface area contributed by atoms with Crippen molar-refractivity contribution in [2.24, 2.45) is 5.41 Å². The quantitative estimate of drug-likeness (QED) is 0.511. The third-order valence-corrected chi connectivity index (χ3v) is 3.36. The maximum atomic E-state index is 11.9. The number of carbonyl (C=O) groups is 3. The van der Waals surface area contributed by atoms with Gasteiger partial charge in [-0.25, -0.2) is 0 Å². The second kappa shape index (κ2) is 7.41. The van der Waals surface area contributed by atoms with E-state index in [4.69, 9.17) is 4.74 Å². The number of esters is 1. The number of ether oxygens (including phenoxy) is 1. The summed E-state index contributed by atoms with van der Waals surface area (Å²) < 4.78 is 4.85. The zero-order valence-electron chi connectivity index (χ0n) is 11.6. The third kappa shape index (κ3) is 5.08. The summed E-state index contributed by atoms with van der Waals surface area (Å²) in [4.78, 5) is 36.2. The van der Waals surface area contributed by atoms with Crippen molar-refractivity contribution in [2.75, 3.05) is 32.2 Å². The van der Waals surface area contributed by atoms with Gasteiger partial charge >= 0.3 is 5.97 Å². The van der Waals surface area contributed by atoms with E-state index in [1.807, 2.05) is 0 Å². The molecule has 0 rings (SSSR count). The highest BCUT2D eigenvalue weighted by Gasteiger charge is 2.36. The summed E-state index contributed by atoms with van der Waals surface area (Å²) in [5.74, 6) is -0.433. The van der Waals surface area contributed by atoms with Crippen molar-refractivity contribution in [3.63, 3.8) is 0 Å². The van der Waals surface area contributed by atoms with Gasteiger partial charge in [0.2, 0.25) is 5.91 Å². The van der Waals surface area contributed by atoms with E-state index in [9.17, 15) is 14.4 Å². The second-order valence-corrected chi connectivity index (χ2v) is 5.54. The lowest BCUT2D eigenvalue weighted by atomic mass is 9.89. The average molecular weight is 275 g/mol. The van der Waals surface area contributed by atoms with Crippen LogP contribution in [0, 0.1) is 5.41 Å². The van der Waals surface area contributed by atoms with E-state index in [-0.39, 0.29) is 29.8 Å². The molecule has 0 atom stereocenters. The summed E-state index contributed by atoms with van der Waals surface area (Å²) in [5.41, 5.74) is -1.15. The molecule has 18 heavy (non-hydrogen) atoms. The van der Waals surface area contributed by atoms with Crippen molar-refractivity contribution in [3.8, 4) is 0 Å². The van der Waals surface area contributed by atoms with Crippen LogP contribution < -0.4 is 0 Å². The van der Waals surface area contributed by atoms with Crippen molar-refractivity contribution in [3.05, 3.63) is 0 Å². The molecule has 104 valence electrons. The van der Waals surface area contributed by atoms with Crippen molar-refractivity contribution in [2.45, 2.75) is 20.8 Å². The van der Waals surface area contributed by atoms with Crippen molar-refractivity contribution < 1.29 is 19.1 Å². The Hall–Kier alpha value is -1.04. The van der Waals surface area contributed by atoms with Gasteiger partial charge in [-0.3, -0.25) is 14.4 Å². The van der Waals surface area contributed by atoms with Crippen LogP contribution in [-0.2, 0) is 19.1 Å². The van der Waals surface area contributed by atoms with E-state index < -0.39 is 11.4 Å². The topological polar surface area (TPSA) is 63.7 Å². The van der Waals surface area contributed by atoms with Crippen molar-refractivity contribution >= 4 is 29.4 Å². The van der Waals surface area contributed by atoms with Gasteiger partial charge in [0.15, 0.2) is 5.78 Å². The fraction of sp³-hybridized carbons (Fsp3) is 0.750. The van der Waals surface area contributed by atoms with Crippen molar-refractivity contribution in [1.29, 1.82) is 0 Å². The molecule has 0 radical (unpaired) electrons. The molecule has 0 heterocycles. The SMILES string of the molecule is CCOC(=O)C(C)(C)C(=O)CSCC(=O)N(C)C. The molecule has 0 aromatic rings. The van der Waals surface area contributed by atoms with Crippen LogP contribution in [0.25, 0.3) is 0 Å². The van der Waals surface area contributed by atoms with Gasteiger partial charge in [-0.1, -0.05) is 0 Å². The third-order valence-electron chi connectivity index (χ3n) is 2.44. The number of rotatable bonds is 7. The highest BCUT2D eigenvalue weighted by Crippen LogP contribution is 2.21. The normalized spacial score (nSPS) is 10.9. The molecule has 0 saturated heterocycles. The number of Topliss-reactive ketones (excluding diaryl/α,β-unsaturated/α-hetero) is 1. The van der Waals surface area contributed by atoms with E-state index in [2.05, 4.69) is 0 Å². The predicted molar refractivity (Wildman–Crippen MR) is 71.4 cm³/mol. The smallest absolute Gasteiger partial charge is 0.319 e. The van der Waals surface area contributed by atoms with E-state index in [0.717, 1.165) is 0 Å². The standard InChI is InChI=1S/C12H21NO4S/c1-6-17-11(16)12(2,3)9(14)7-18-8-10(15)13(4)5/h6-8H2,1-5H3. The van der Waals surface area contributed by atoms with E-state index in [0.29, 0.717) is 0 Å². The molecule has 0 aromatic carbocycles. The molecule has 0 fully saturated rings. The minimum absolute atomic E-state index is 0.0539. The van der Waals surface area contributed by atoms with Crippen LogP contribution in [0.4, 0.5) is 0 Å². The molecule has 5 nitrogen and oxygen atoms in total. The highest BCUT2D eigenvalue weighted by molar-refractivity contribution is 8.00. The van der Waals surface area contributed by atoms with Crippen LogP contribution in [-0.4, -0.2) is 54.8 Å². The summed E-state index contributed by atoms with van der Waals surface area (Å²) in [6.45, 7) is 5.04. The maximum Gasteiger partial charge on any atom is 0.319 e. The molecule has 6 heteroatoms. The van der Waals surface area contributed by atoms with Crippen LogP contribution in [0.15, 0.2) is 0 Å². The number of hydrogen-bond donors (Lipinski definition) is 0. The van der Waals surface area contributed by atoms with Crippen LogP contribution >= 0.6 is 11.8 Å². The number of carbonyl (C=O) groups excluding carboxylic acids is 3. The molecular weight excluding hydrogens is 254 g/mol. The Balaban J connectivity index is 4.24. The first-order chi connectivity index (χ1) is 8.23. The van der Waals surface area contributed by atoms with Crippen LogP contribution in [0.1, 0.15) is 20.8 Å². The Morgan fingerprint density at radius 3 is 2.17 bits per heavy atom. The summed E-state index contributed by atoms with van der Waals surface area (Å²) in [7, 11) is 3.32. The van der Waals surface area contributed by atoms with Gasteiger partial charge in [-0.05, 0) is 20.8 Å². The molecule has 0 aliphatic rings. The lowest BCUT2D eigenvalue weighted by Crippen LogP contribution is -2.36. The number of amides is 1. The molecule has 1 amide bonds. The number of thioether (sulfide) groups is 1. The minimum Gasteiger partial charge on any atom is -0.465 e. The summed E-state index contributed by atoms with van der Waals surface area (Å²) in [6, 6.07) is 0. The van der Waals surface area contributed by atoms with Gasteiger partial charge in [-0.15, -0.1) is 11.8 Å². The fourth-order valence-electron chi connectivity index (χ4n) is 0.966. The van der Waals surface area contributed by atoms with Gasteiger partial charge < -0.3 is 9.64 Å². The number of nitrogens with zero attached hydrogens (tertiary/aromatic N) is 1. The Morgan fingerprint density at radius 2 is 1.72 bits per heavy atom. The lowest BCUT2D eigenvalue weighted by Gasteiger charge is -2.20. The summed E-state index contributed by atoms with van der Waals surface area (Å²) >= 11 is 1.21. The monoisotopic (exact) mass is 275 g/mol. The summed E-state index contributed by atoms with van der Waals surface area (Å²) in [5, 5.41) is 0. The predicted octanol–water partition coefficient (Wildman–Crippen LogP) is 0.966. The summed E-state index contributed by atoms with van der Waals surface area (Å²) in [6.07, 6.45) is 0. The molecule has 0 aliphatic carbocycles. The van der Waals surface area contributed by atoms with E-state index in [1.54, 1.807) is 34.9 Å². The molecule has 0 unspecified atom stereocenters. The van der Waals surface area contributed by atoms with Crippen LogP contribution in [0.5, 0.6) is 0 Å². The molecule has 0 N–H and O–H groups in total. The first-order valence-corrected chi connectivity index (χ1v) is 6.87. The molecule has 0 aliphatic heterocycles. The van der Waals surface area contributed by atoms with Gasteiger partial charge in [0.05, 0.1) is 18.1 Å². The lowest BCUT2D eigenvalue weighted by molar-refractivity contribution is -0.157.